The molecule has 0 bridgehead atoms. The summed E-state index contributed by atoms with van der Waals surface area (Å²) in [7, 11) is 0. The highest BCUT2D eigenvalue weighted by atomic mass is 35.5. The van der Waals surface area contributed by atoms with Crippen molar-refractivity contribution in [3.63, 3.8) is 0 Å². The summed E-state index contributed by atoms with van der Waals surface area (Å²) in [4.78, 5) is 17.1. The van der Waals surface area contributed by atoms with E-state index in [9.17, 15) is 4.79 Å². The van der Waals surface area contributed by atoms with Crippen molar-refractivity contribution in [3.8, 4) is 0 Å². The van der Waals surface area contributed by atoms with Crippen molar-refractivity contribution in [2.24, 2.45) is 0 Å². The lowest BCUT2D eigenvalue weighted by Gasteiger charge is -2.14. The molecule has 2 rings (SSSR count). The lowest BCUT2D eigenvalue weighted by molar-refractivity contribution is -0.122. The molecule has 0 fully saturated rings. The number of thiazole rings is 1. The summed E-state index contributed by atoms with van der Waals surface area (Å²) in [6.45, 7) is 2.49. The van der Waals surface area contributed by atoms with Crippen molar-refractivity contribution in [1.29, 1.82) is 0 Å². The Morgan fingerprint density at radius 2 is 2.16 bits per heavy atom. The molecule has 0 aliphatic carbocycles. The number of amides is 1. The van der Waals surface area contributed by atoms with E-state index in [4.69, 9.17) is 11.6 Å². The fourth-order valence-corrected chi connectivity index (χ4v) is 2.84. The summed E-state index contributed by atoms with van der Waals surface area (Å²) >= 11 is 7.14. The third-order valence-corrected chi connectivity index (χ3v) is 4.00. The molecular weight excluding hydrogens is 280 g/mol. The first kappa shape index (κ1) is 14.0. The molecule has 1 heterocycles. The normalized spacial score (nSPS) is 12.1. The molecule has 1 atom stereocenters. The molecule has 19 heavy (non-hydrogen) atoms. The van der Waals surface area contributed by atoms with Crippen LogP contribution in [0.3, 0.4) is 0 Å². The molecule has 100 valence electrons. The Balaban J connectivity index is 1.98. The topological polar surface area (TPSA) is 42.0 Å². The maximum Gasteiger partial charge on any atom is 0.227 e. The molecule has 2 aromatic rings. The van der Waals surface area contributed by atoms with Crippen LogP contribution in [0.1, 0.15) is 29.7 Å². The van der Waals surface area contributed by atoms with Crippen LogP contribution >= 0.6 is 22.9 Å². The van der Waals surface area contributed by atoms with Crippen LogP contribution in [-0.2, 0) is 11.3 Å². The van der Waals surface area contributed by atoms with E-state index in [1.165, 1.54) is 11.3 Å². The van der Waals surface area contributed by atoms with E-state index in [0.29, 0.717) is 11.0 Å². The zero-order valence-electron chi connectivity index (χ0n) is 10.6. The smallest absolute Gasteiger partial charge is 0.227 e. The van der Waals surface area contributed by atoms with Gasteiger partial charge in [0.25, 0.3) is 0 Å². The third-order valence-electron chi connectivity index (χ3n) is 2.89. The van der Waals surface area contributed by atoms with Gasteiger partial charge in [0.2, 0.25) is 5.91 Å². The SMILES string of the molecule is CC[C@H](C(=O)NCc1cnc(Cl)s1)c1ccccc1. The molecule has 1 aromatic heterocycles. The van der Waals surface area contributed by atoms with Crippen molar-refractivity contribution in [1.82, 2.24) is 10.3 Å². The van der Waals surface area contributed by atoms with E-state index in [0.717, 1.165) is 16.9 Å². The minimum Gasteiger partial charge on any atom is -0.351 e. The van der Waals surface area contributed by atoms with Crippen LogP contribution in [0, 0.1) is 0 Å². The molecule has 0 saturated heterocycles. The number of nitrogens with one attached hydrogen (secondary N) is 1. The Labute approximate surface area is 121 Å². The van der Waals surface area contributed by atoms with Gasteiger partial charge in [-0.1, -0.05) is 48.9 Å². The van der Waals surface area contributed by atoms with Gasteiger partial charge in [0.15, 0.2) is 4.47 Å². The molecule has 0 aliphatic heterocycles. The Hall–Kier alpha value is -1.39. The summed E-state index contributed by atoms with van der Waals surface area (Å²) in [6, 6.07) is 9.82. The van der Waals surface area contributed by atoms with Crippen LogP contribution in [0.25, 0.3) is 0 Å². The van der Waals surface area contributed by atoms with Crippen LogP contribution in [0.4, 0.5) is 0 Å². The average molecular weight is 295 g/mol. The molecule has 0 spiro atoms. The number of carbonyl (C=O) groups is 1. The molecule has 3 nitrogen and oxygen atoms in total. The van der Waals surface area contributed by atoms with Gasteiger partial charge in [-0.25, -0.2) is 4.98 Å². The summed E-state index contributed by atoms with van der Waals surface area (Å²) < 4.78 is 0.499. The van der Waals surface area contributed by atoms with E-state index in [1.807, 2.05) is 37.3 Å². The lowest BCUT2D eigenvalue weighted by atomic mass is 9.96. The Morgan fingerprint density at radius 3 is 2.74 bits per heavy atom. The van der Waals surface area contributed by atoms with Gasteiger partial charge in [0.1, 0.15) is 0 Å². The van der Waals surface area contributed by atoms with E-state index < -0.39 is 0 Å². The summed E-state index contributed by atoms with van der Waals surface area (Å²) in [5.74, 6) is -0.0668. The Morgan fingerprint density at radius 1 is 1.42 bits per heavy atom. The molecular formula is C14H15ClN2OS. The monoisotopic (exact) mass is 294 g/mol. The Bertz CT molecular complexity index is 541. The molecule has 1 aromatic carbocycles. The van der Waals surface area contributed by atoms with E-state index in [1.54, 1.807) is 6.20 Å². The molecule has 0 unspecified atom stereocenters. The number of hydrogen-bond donors (Lipinski definition) is 1. The second-order valence-electron chi connectivity index (χ2n) is 4.17. The highest BCUT2D eigenvalue weighted by Crippen LogP contribution is 2.21. The second-order valence-corrected chi connectivity index (χ2v) is 5.87. The second kappa shape index (κ2) is 6.68. The van der Waals surface area contributed by atoms with Crippen LogP contribution in [-0.4, -0.2) is 10.9 Å². The average Bonchev–Trinajstić information content (AvgIpc) is 2.84. The van der Waals surface area contributed by atoms with Crippen molar-refractivity contribution < 1.29 is 4.79 Å². The number of rotatable bonds is 5. The van der Waals surface area contributed by atoms with Crippen LogP contribution in [0.5, 0.6) is 0 Å². The molecule has 0 radical (unpaired) electrons. The van der Waals surface area contributed by atoms with Crippen molar-refractivity contribution >= 4 is 28.8 Å². The summed E-state index contributed by atoms with van der Waals surface area (Å²) in [5, 5.41) is 2.93. The van der Waals surface area contributed by atoms with Gasteiger partial charge in [-0.3, -0.25) is 4.79 Å². The number of carbonyl (C=O) groups excluding carboxylic acids is 1. The summed E-state index contributed by atoms with van der Waals surface area (Å²) in [5.41, 5.74) is 1.05. The first-order chi connectivity index (χ1) is 9.20. The van der Waals surface area contributed by atoms with Gasteiger partial charge >= 0.3 is 0 Å². The predicted octanol–water partition coefficient (Wildman–Crippen LogP) is 3.61. The highest BCUT2D eigenvalue weighted by Gasteiger charge is 2.18. The molecule has 5 heteroatoms. The third kappa shape index (κ3) is 3.78. The number of aromatic nitrogens is 1. The minimum atomic E-state index is -0.107. The van der Waals surface area contributed by atoms with Gasteiger partial charge in [-0.15, -0.1) is 11.3 Å². The fourth-order valence-electron chi connectivity index (χ4n) is 1.92. The van der Waals surface area contributed by atoms with E-state index in [2.05, 4.69) is 10.3 Å². The summed E-state index contributed by atoms with van der Waals surface area (Å²) in [6.07, 6.45) is 2.47. The maximum atomic E-state index is 12.2. The lowest BCUT2D eigenvalue weighted by Crippen LogP contribution is -2.28. The number of halogens is 1. The van der Waals surface area contributed by atoms with Gasteiger partial charge < -0.3 is 5.32 Å². The van der Waals surface area contributed by atoms with Crippen molar-refractivity contribution in [3.05, 3.63) is 51.4 Å². The van der Waals surface area contributed by atoms with Crippen LogP contribution in [0.15, 0.2) is 36.5 Å². The van der Waals surface area contributed by atoms with Crippen molar-refractivity contribution in [2.75, 3.05) is 0 Å². The largest absolute Gasteiger partial charge is 0.351 e. The van der Waals surface area contributed by atoms with Crippen LogP contribution in [0.2, 0.25) is 4.47 Å². The Kier molecular flexibility index (Phi) is 4.93. The fraction of sp³-hybridized carbons (Fsp3) is 0.286. The number of benzene rings is 1. The van der Waals surface area contributed by atoms with Gasteiger partial charge in [0.05, 0.1) is 12.5 Å². The van der Waals surface area contributed by atoms with Gasteiger partial charge in [-0.05, 0) is 12.0 Å². The van der Waals surface area contributed by atoms with Crippen molar-refractivity contribution in [2.45, 2.75) is 25.8 Å². The molecule has 1 N–H and O–H groups in total. The maximum absolute atomic E-state index is 12.2. The molecule has 1 amide bonds. The zero-order chi connectivity index (χ0) is 13.7. The molecule has 0 saturated carbocycles. The number of nitrogens with zero attached hydrogens (tertiary/aromatic N) is 1. The zero-order valence-corrected chi connectivity index (χ0v) is 12.2. The molecule has 0 aliphatic rings. The van der Waals surface area contributed by atoms with E-state index in [-0.39, 0.29) is 11.8 Å². The van der Waals surface area contributed by atoms with Crippen LogP contribution < -0.4 is 5.32 Å². The quantitative estimate of drug-likeness (QED) is 0.915. The minimum absolute atomic E-state index is 0.0400. The van der Waals surface area contributed by atoms with Gasteiger partial charge in [-0.2, -0.15) is 0 Å². The first-order valence-electron chi connectivity index (χ1n) is 6.13. The predicted molar refractivity (Wildman–Crippen MR) is 78.4 cm³/mol. The number of hydrogen-bond acceptors (Lipinski definition) is 3. The van der Waals surface area contributed by atoms with E-state index >= 15 is 0 Å². The highest BCUT2D eigenvalue weighted by molar-refractivity contribution is 7.15. The standard InChI is InChI=1S/C14H15ClN2OS/c1-2-12(10-6-4-3-5-7-10)13(18)16-8-11-9-17-14(15)19-11/h3-7,9,12H,2,8H2,1H3,(H,16,18)/t12-/m0/s1. The van der Waals surface area contributed by atoms with Gasteiger partial charge in [0, 0.05) is 11.1 Å². The first-order valence-corrected chi connectivity index (χ1v) is 7.33.